The van der Waals surface area contributed by atoms with Gasteiger partial charge < -0.3 is 4.74 Å². The van der Waals surface area contributed by atoms with Crippen LogP contribution in [0.15, 0.2) is 42.5 Å². The van der Waals surface area contributed by atoms with E-state index < -0.39 is 0 Å². The number of benzene rings is 2. The molecule has 0 saturated heterocycles. The average Bonchev–Trinajstić information content (AvgIpc) is 2.74. The molecule has 0 fully saturated rings. The van der Waals surface area contributed by atoms with Crippen molar-refractivity contribution in [2.75, 3.05) is 7.11 Å². The van der Waals surface area contributed by atoms with E-state index in [0.29, 0.717) is 0 Å². The molecular weight excluding hydrogens is 236 g/mol. The summed E-state index contributed by atoms with van der Waals surface area (Å²) < 4.78 is 7.37. The lowest BCUT2D eigenvalue weighted by molar-refractivity contribution is 0.415. The number of hydrogen-bond donors (Lipinski definition) is 0. The minimum absolute atomic E-state index is 0.863. The Kier molecular flexibility index (Phi) is 2.75. The molecular formula is C16H16N2O. The summed E-state index contributed by atoms with van der Waals surface area (Å²) in [6.07, 6.45) is 0. The quantitative estimate of drug-likeness (QED) is 0.696. The first-order chi connectivity index (χ1) is 9.19. The third-order valence-corrected chi connectivity index (χ3v) is 3.31. The van der Waals surface area contributed by atoms with Crippen molar-refractivity contribution < 1.29 is 4.74 Å². The molecule has 0 aliphatic rings. The molecule has 0 aliphatic heterocycles. The Morgan fingerprint density at radius 1 is 1.00 bits per heavy atom. The van der Waals surface area contributed by atoms with E-state index in [2.05, 4.69) is 46.8 Å². The lowest BCUT2D eigenvalue weighted by atomic mass is 10.2. The van der Waals surface area contributed by atoms with Gasteiger partial charge in [0.1, 0.15) is 11.6 Å². The Balaban J connectivity index is 2.22. The Morgan fingerprint density at radius 2 is 1.74 bits per heavy atom. The van der Waals surface area contributed by atoms with E-state index >= 15 is 0 Å². The second kappa shape index (κ2) is 4.43. The monoisotopic (exact) mass is 252 g/mol. The van der Waals surface area contributed by atoms with Gasteiger partial charge in [0.05, 0.1) is 18.1 Å². The number of nitrogens with zero attached hydrogens (tertiary/aromatic N) is 2. The molecule has 0 spiro atoms. The number of methoxy groups -OCH3 is 1. The Bertz CT molecular complexity index is 726. The molecule has 0 aliphatic carbocycles. The van der Waals surface area contributed by atoms with Crippen molar-refractivity contribution in [3.05, 3.63) is 53.9 Å². The number of aryl methyl sites for hydroxylation is 2. The van der Waals surface area contributed by atoms with Crippen LogP contribution in [0.5, 0.6) is 5.75 Å². The maximum Gasteiger partial charge on any atom is 0.119 e. The maximum absolute atomic E-state index is 5.20. The lowest BCUT2D eigenvalue weighted by Crippen LogP contribution is -1.97. The van der Waals surface area contributed by atoms with Gasteiger partial charge in [-0.15, -0.1) is 0 Å². The SMILES string of the molecule is COc1ccc(-n2c(C)nc3ccc(C)cc32)cc1. The molecule has 0 amide bonds. The average molecular weight is 252 g/mol. The van der Waals surface area contributed by atoms with Crippen LogP contribution in [0, 0.1) is 13.8 Å². The van der Waals surface area contributed by atoms with Crippen molar-refractivity contribution in [3.63, 3.8) is 0 Å². The molecule has 0 bridgehead atoms. The number of fused-ring (bicyclic) bond motifs is 1. The predicted octanol–water partition coefficient (Wildman–Crippen LogP) is 3.65. The van der Waals surface area contributed by atoms with Gasteiger partial charge in [0.25, 0.3) is 0 Å². The standard InChI is InChI=1S/C16H16N2O/c1-11-4-9-15-16(10-11)18(12(2)17-15)13-5-7-14(19-3)8-6-13/h4-10H,1-3H3. The first-order valence-electron chi connectivity index (χ1n) is 6.29. The van der Waals surface area contributed by atoms with Gasteiger partial charge in [0, 0.05) is 5.69 Å². The van der Waals surface area contributed by atoms with Crippen molar-refractivity contribution in [1.29, 1.82) is 0 Å². The van der Waals surface area contributed by atoms with Crippen molar-refractivity contribution in [3.8, 4) is 11.4 Å². The van der Waals surface area contributed by atoms with E-state index in [0.717, 1.165) is 28.3 Å². The van der Waals surface area contributed by atoms with E-state index in [9.17, 15) is 0 Å². The van der Waals surface area contributed by atoms with Gasteiger partial charge in [0.15, 0.2) is 0 Å². The van der Waals surface area contributed by atoms with Gasteiger partial charge >= 0.3 is 0 Å². The lowest BCUT2D eigenvalue weighted by Gasteiger charge is -2.08. The van der Waals surface area contributed by atoms with Crippen molar-refractivity contribution in [1.82, 2.24) is 9.55 Å². The molecule has 3 nitrogen and oxygen atoms in total. The van der Waals surface area contributed by atoms with Gasteiger partial charge in [-0.25, -0.2) is 4.98 Å². The fourth-order valence-electron chi connectivity index (χ4n) is 2.36. The van der Waals surface area contributed by atoms with E-state index in [-0.39, 0.29) is 0 Å². The fraction of sp³-hybridized carbons (Fsp3) is 0.188. The predicted molar refractivity (Wildman–Crippen MR) is 77.1 cm³/mol. The third kappa shape index (κ3) is 1.97. The molecule has 0 saturated carbocycles. The number of aromatic nitrogens is 2. The van der Waals surface area contributed by atoms with Crippen molar-refractivity contribution in [2.24, 2.45) is 0 Å². The van der Waals surface area contributed by atoms with E-state index in [1.807, 2.05) is 19.1 Å². The topological polar surface area (TPSA) is 27.1 Å². The highest BCUT2D eigenvalue weighted by Gasteiger charge is 2.09. The first-order valence-corrected chi connectivity index (χ1v) is 6.29. The van der Waals surface area contributed by atoms with Crippen LogP contribution >= 0.6 is 0 Å². The van der Waals surface area contributed by atoms with Gasteiger partial charge in [-0.2, -0.15) is 0 Å². The van der Waals surface area contributed by atoms with E-state index in [4.69, 9.17) is 4.74 Å². The molecule has 3 rings (SSSR count). The summed E-state index contributed by atoms with van der Waals surface area (Å²) in [5.74, 6) is 1.85. The summed E-state index contributed by atoms with van der Waals surface area (Å²) in [5, 5.41) is 0. The normalized spacial score (nSPS) is 10.9. The highest BCUT2D eigenvalue weighted by molar-refractivity contribution is 5.79. The minimum Gasteiger partial charge on any atom is -0.497 e. The summed E-state index contributed by atoms with van der Waals surface area (Å²) in [4.78, 5) is 4.60. The van der Waals surface area contributed by atoms with E-state index in [1.54, 1.807) is 7.11 Å². The minimum atomic E-state index is 0.863. The zero-order chi connectivity index (χ0) is 13.4. The molecule has 1 heterocycles. The van der Waals surface area contributed by atoms with Crippen LogP contribution in [-0.4, -0.2) is 16.7 Å². The van der Waals surface area contributed by atoms with Gasteiger partial charge in [-0.3, -0.25) is 4.57 Å². The van der Waals surface area contributed by atoms with E-state index in [1.165, 1.54) is 5.56 Å². The highest BCUT2D eigenvalue weighted by Crippen LogP contribution is 2.23. The van der Waals surface area contributed by atoms with Gasteiger partial charge in [0.2, 0.25) is 0 Å². The van der Waals surface area contributed by atoms with Crippen LogP contribution in [0.3, 0.4) is 0 Å². The molecule has 96 valence electrons. The Morgan fingerprint density at radius 3 is 2.42 bits per heavy atom. The fourth-order valence-corrected chi connectivity index (χ4v) is 2.36. The zero-order valence-corrected chi connectivity index (χ0v) is 11.3. The number of hydrogen-bond acceptors (Lipinski definition) is 2. The summed E-state index contributed by atoms with van der Waals surface area (Å²) in [7, 11) is 1.68. The molecule has 3 heteroatoms. The zero-order valence-electron chi connectivity index (χ0n) is 11.3. The van der Waals surface area contributed by atoms with Gasteiger partial charge in [-0.1, -0.05) is 6.07 Å². The highest BCUT2D eigenvalue weighted by atomic mass is 16.5. The van der Waals surface area contributed by atoms with Crippen LogP contribution in [0.2, 0.25) is 0 Å². The maximum atomic E-state index is 5.20. The number of imidazole rings is 1. The van der Waals surface area contributed by atoms with Gasteiger partial charge in [-0.05, 0) is 55.8 Å². The molecule has 2 aromatic carbocycles. The van der Waals surface area contributed by atoms with Crippen LogP contribution in [0.4, 0.5) is 0 Å². The summed E-state index contributed by atoms with van der Waals surface area (Å²) in [6, 6.07) is 14.4. The molecule has 0 N–H and O–H groups in total. The second-order valence-corrected chi connectivity index (χ2v) is 4.68. The number of rotatable bonds is 2. The third-order valence-electron chi connectivity index (χ3n) is 3.31. The van der Waals surface area contributed by atoms with Crippen LogP contribution in [-0.2, 0) is 0 Å². The summed E-state index contributed by atoms with van der Waals surface area (Å²) in [5.41, 5.74) is 4.51. The molecule has 0 atom stereocenters. The summed E-state index contributed by atoms with van der Waals surface area (Å²) >= 11 is 0. The Labute approximate surface area is 112 Å². The number of ether oxygens (including phenoxy) is 1. The van der Waals surface area contributed by atoms with Crippen molar-refractivity contribution >= 4 is 11.0 Å². The Hall–Kier alpha value is -2.29. The molecule has 19 heavy (non-hydrogen) atoms. The largest absolute Gasteiger partial charge is 0.497 e. The van der Waals surface area contributed by atoms with Crippen molar-refractivity contribution in [2.45, 2.75) is 13.8 Å². The molecule has 1 aromatic heterocycles. The first kappa shape index (κ1) is 11.8. The smallest absolute Gasteiger partial charge is 0.119 e. The van der Waals surface area contributed by atoms with Crippen LogP contribution < -0.4 is 4.74 Å². The van der Waals surface area contributed by atoms with Crippen LogP contribution in [0.1, 0.15) is 11.4 Å². The molecule has 0 radical (unpaired) electrons. The summed E-state index contributed by atoms with van der Waals surface area (Å²) in [6.45, 7) is 4.12. The molecule has 3 aromatic rings. The van der Waals surface area contributed by atoms with Crippen LogP contribution in [0.25, 0.3) is 16.7 Å². The second-order valence-electron chi connectivity index (χ2n) is 4.68. The molecule has 0 unspecified atom stereocenters.